The van der Waals surface area contributed by atoms with Crippen LogP contribution in [0.25, 0.3) is 0 Å². The topological polar surface area (TPSA) is 58.6 Å². The van der Waals surface area contributed by atoms with Crippen molar-refractivity contribution in [1.29, 1.82) is 0 Å². The van der Waals surface area contributed by atoms with E-state index in [0.29, 0.717) is 30.9 Å². The molecule has 0 spiro atoms. The van der Waals surface area contributed by atoms with Crippen LogP contribution >= 0.6 is 0 Å². The van der Waals surface area contributed by atoms with E-state index in [0.717, 1.165) is 25.9 Å². The summed E-state index contributed by atoms with van der Waals surface area (Å²) in [6, 6.07) is 7.35. The van der Waals surface area contributed by atoms with Crippen LogP contribution in [-0.4, -0.2) is 45.6 Å². The van der Waals surface area contributed by atoms with Crippen LogP contribution in [0.3, 0.4) is 0 Å². The summed E-state index contributed by atoms with van der Waals surface area (Å²) < 4.78 is 33.3. The Kier molecular flexibility index (Phi) is 6.44. The summed E-state index contributed by atoms with van der Waals surface area (Å²) in [7, 11) is -3.53. The van der Waals surface area contributed by atoms with Crippen molar-refractivity contribution >= 4 is 10.0 Å². The van der Waals surface area contributed by atoms with Gasteiger partial charge in [-0.25, -0.2) is 13.1 Å². The minimum Gasteiger partial charge on any atom is -0.492 e. The summed E-state index contributed by atoms with van der Waals surface area (Å²) in [6.45, 7) is 9.27. The molecule has 1 aromatic rings. The molecule has 6 heteroatoms. The van der Waals surface area contributed by atoms with Crippen molar-refractivity contribution in [2.75, 3.05) is 26.2 Å². The molecule has 2 rings (SSSR count). The summed E-state index contributed by atoms with van der Waals surface area (Å²) in [5.74, 6) is 0.816. The number of ether oxygens (including phenoxy) is 1. The van der Waals surface area contributed by atoms with Crippen molar-refractivity contribution in [2.45, 2.75) is 44.6 Å². The molecule has 1 fully saturated rings. The fraction of sp³-hybridized carbons (Fsp3) is 0.647. The van der Waals surface area contributed by atoms with Crippen LogP contribution in [0, 0.1) is 5.92 Å². The smallest absolute Gasteiger partial charge is 0.244 e. The van der Waals surface area contributed by atoms with E-state index < -0.39 is 10.0 Å². The average molecular weight is 340 g/mol. The quantitative estimate of drug-likeness (QED) is 0.828. The molecule has 0 saturated carbocycles. The van der Waals surface area contributed by atoms with Gasteiger partial charge in [0.05, 0.1) is 6.61 Å². The maximum atomic E-state index is 12.5. The maximum absolute atomic E-state index is 12.5. The van der Waals surface area contributed by atoms with E-state index in [4.69, 9.17) is 4.74 Å². The summed E-state index contributed by atoms with van der Waals surface area (Å²) in [5.41, 5.74) is 0. The average Bonchev–Trinajstić information content (AvgIpc) is 2.54. The Morgan fingerprint density at radius 2 is 1.91 bits per heavy atom. The molecule has 1 aliphatic heterocycles. The second-order valence-electron chi connectivity index (χ2n) is 6.30. The third-order valence-corrected chi connectivity index (χ3v) is 5.84. The molecule has 0 aromatic heterocycles. The van der Waals surface area contributed by atoms with Gasteiger partial charge in [0.25, 0.3) is 0 Å². The first kappa shape index (κ1) is 18.2. The SMILES string of the molecule is CCOc1ccccc1S(=O)(=O)NCC1CCN(C(C)C)CC1. The highest BCUT2D eigenvalue weighted by molar-refractivity contribution is 7.89. The third-order valence-electron chi connectivity index (χ3n) is 4.38. The molecule has 5 nitrogen and oxygen atoms in total. The number of piperidine rings is 1. The first-order chi connectivity index (χ1) is 10.9. The first-order valence-corrected chi connectivity index (χ1v) is 9.88. The maximum Gasteiger partial charge on any atom is 0.244 e. The van der Waals surface area contributed by atoms with Crippen molar-refractivity contribution < 1.29 is 13.2 Å². The van der Waals surface area contributed by atoms with Crippen LogP contribution < -0.4 is 9.46 Å². The van der Waals surface area contributed by atoms with Gasteiger partial charge >= 0.3 is 0 Å². The normalized spacial score (nSPS) is 17.6. The van der Waals surface area contributed by atoms with E-state index in [1.807, 2.05) is 6.92 Å². The van der Waals surface area contributed by atoms with Crippen molar-refractivity contribution in [3.8, 4) is 5.75 Å². The highest BCUT2D eigenvalue weighted by atomic mass is 32.2. The van der Waals surface area contributed by atoms with Gasteiger partial charge in [0.2, 0.25) is 10.0 Å². The van der Waals surface area contributed by atoms with Crippen LogP contribution in [0.4, 0.5) is 0 Å². The number of nitrogens with zero attached hydrogens (tertiary/aromatic N) is 1. The minimum atomic E-state index is -3.53. The molecular formula is C17H28N2O3S. The predicted octanol–water partition coefficient (Wildman–Crippen LogP) is 2.48. The molecule has 0 radical (unpaired) electrons. The molecule has 1 N–H and O–H groups in total. The lowest BCUT2D eigenvalue weighted by Gasteiger charge is -2.34. The van der Waals surface area contributed by atoms with Crippen LogP contribution in [0.2, 0.25) is 0 Å². The van der Waals surface area contributed by atoms with Gasteiger partial charge in [-0.15, -0.1) is 0 Å². The second-order valence-corrected chi connectivity index (χ2v) is 8.04. The number of hydrogen-bond donors (Lipinski definition) is 1. The summed E-state index contributed by atoms with van der Waals surface area (Å²) in [4.78, 5) is 2.66. The van der Waals surface area contributed by atoms with Crippen molar-refractivity contribution in [1.82, 2.24) is 9.62 Å². The molecule has 0 unspecified atom stereocenters. The Bertz CT molecular complexity index is 594. The lowest BCUT2D eigenvalue weighted by Crippen LogP contribution is -2.41. The van der Waals surface area contributed by atoms with Crippen LogP contribution in [0.15, 0.2) is 29.2 Å². The molecule has 23 heavy (non-hydrogen) atoms. The van der Waals surface area contributed by atoms with E-state index in [-0.39, 0.29) is 4.90 Å². The molecule has 1 aromatic carbocycles. The zero-order valence-electron chi connectivity index (χ0n) is 14.3. The summed E-state index contributed by atoms with van der Waals surface area (Å²) in [6.07, 6.45) is 2.07. The van der Waals surface area contributed by atoms with Gasteiger partial charge in [0.15, 0.2) is 0 Å². The number of para-hydroxylation sites is 1. The van der Waals surface area contributed by atoms with Gasteiger partial charge in [0.1, 0.15) is 10.6 Å². The molecule has 0 amide bonds. The zero-order valence-corrected chi connectivity index (χ0v) is 15.1. The zero-order chi connectivity index (χ0) is 16.9. The van der Waals surface area contributed by atoms with Crippen molar-refractivity contribution in [3.05, 3.63) is 24.3 Å². The van der Waals surface area contributed by atoms with Gasteiger partial charge in [0, 0.05) is 12.6 Å². The monoisotopic (exact) mass is 340 g/mol. The van der Waals surface area contributed by atoms with E-state index in [9.17, 15) is 8.42 Å². The Labute approximate surface area is 140 Å². The van der Waals surface area contributed by atoms with Gasteiger partial charge in [-0.3, -0.25) is 0 Å². The van der Waals surface area contributed by atoms with E-state index in [2.05, 4.69) is 23.5 Å². The van der Waals surface area contributed by atoms with Gasteiger partial charge in [-0.2, -0.15) is 0 Å². The van der Waals surface area contributed by atoms with Gasteiger partial charge < -0.3 is 9.64 Å². The molecule has 0 atom stereocenters. The van der Waals surface area contributed by atoms with Gasteiger partial charge in [-0.05, 0) is 64.8 Å². The Balaban J connectivity index is 1.95. The lowest BCUT2D eigenvalue weighted by molar-refractivity contribution is 0.150. The minimum absolute atomic E-state index is 0.224. The molecule has 1 aliphatic rings. The van der Waals surface area contributed by atoms with Crippen molar-refractivity contribution in [3.63, 3.8) is 0 Å². The molecule has 0 bridgehead atoms. The van der Waals surface area contributed by atoms with Crippen LogP contribution in [-0.2, 0) is 10.0 Å². The first-order valence-electron chi connectivity index (χ1n) is 8.39. The predicted molar refractivity (Wildman–Crippen MR) is 92.2 cm³/mol. The van der Waals surface area contributed by atoms with Gasteiger partial charge in [-0.1, -0.05) is 12.1 Å². The van der Waals surface area contributed by atoms with Crippen molar-refractivity contribution in [2.24, 2.45) is 5.92 Å². The fourth-order valence-corrected chi connectivity index (χ4v) is 4.19. The highest BCUT2D eigenvalue weighted by Crippen LogP contribution is 2.24. The standard InChI is InChI=1S/C17H28N2O3S/c1-4-22-16-7-5-6-8-17(16)23(20,21)18-13-15-9-11-19(12-10-15)14(2)3/h5-8,14-15,18H,4,9-13H2,1-3H3. The molecule has 1 heterocycles. The second kappa shape index (κ2) is 8.13. The van der Waals surface area contributed by atoms with E-state index in [1.54, 1.807) is 24.3 Å². The number of hydrogen-bond acceptors (Lipinski definition) is 4. The largest absolute Gasteiger partial charge is 0.492 e. The molecular weight excluding hydrogens is 312 g/mol. The highest BCUT2D eigenvalue weighted by Gasteiger charge is 2.24. The molecule has 130 valence electrons. The Morgan fingerprint density at radius 3 is 2.52 bits per heavy atom. The Morgan fingerprint density at radius 1 is 1.26 bits per heavy atom. The molecule has 0 aliphatic carbocycles. The Hall–Kier alpha value is -1.11. The number of benzene rings is 1. The van der Waals surface area contributed by atoms with Crippen LogP contribution in [0.5, 0.6) is 5.75 Å². The lowest BCUT2D eigenvalue weighted by atomic mass is 9.96. The summed E-state index contributed by atoms with van der Waals surface area (Å²) in [5, 5.41) is 0. The van der Waals surface area contributed by atoms with E-state index in [1.165, 1.54) is 0 Å². The number of rotatable bonds is 7. The van der Waals surface area contributed by atoms with E-state index >= 15 is 0 Å². The number of nitrogens with one attached hydrogen (secondary N) is 1. The third kappa shape index (κ3) is 4.93. The summed E-state index contributed by atoms with van der Waals surface area (Å²) >= 11 is 0. The number of sulfonamides is 1. The fourth-order valence-electron chi connectivity index (χ4n) is 2.93. The molecule has 1 saturated heterocycles. The number of likely N-dealkylation sites (tertiary alicyclic amines) is 1. The van der Waals surface area contributed by atoms with Crippen LogP contribution in [0.1, 0.15) is 33.6 Å².